The Kier molecular flexibility index (Phi) is 2.80. The minimum absolute atomic E-state index is 0.0194. The molecule has 6 rings (SSSR count). The van der Waals surface area contributed by atoms with E-state index in [4.69, 9.17) is 9.47 Å². The lowest BCUT2D eigenvalue weighted by Gasteiger charge is -2.51. The van der Waals surface area contributed by atoms with Gasteiger partial charge in [0, 0.05) is 18.5 Å². The number of amides is 1. The van der Waals surface area contributed by atoms with Crippen molar-refractivity contribution < 1.29 is 19.1 Å². The van der Waals surface area contributed by atoms with E-state index in [1.165, 1.54) is 0 Å². The monoisotopic (exact) mass is 343 g/mol. The summed E-state index contributed by atoms with van der Waals surface area (Å²) in [5.74, 6) is 0.397. The highest BCUT2D eigenvalue weighted by Gasteiger charge is 2.77. The average Bonchev–Trinajstić information content (AvgIpc) is 3.14. The highest BCUT2D eigenvalue weighted by atomic mass is 16.6. The van der Waals surface area contributed by atoms with Crippen LogP contribution in [-0.2, 0) is 19.1 Å². The summed E-state index contributed by atoms with van der Waals surface area (Å²) in [6.07, 6.45) is 4.25. The number of carbonyl (C=O) groups excluding carboxylic acids is 2. The highest BCUT2D eigenvalue weighted by Crippen LogP contribution is 2.66. The minimum atomic E-state index is -0.860. The Morgan fingerprint density at radius 2 is 2.08 bits per heavy atom. The second kappa shape index (κ2) is 4.44. The first kappa shape index (κ1) is 15.8. The third-order valence-electron chi connectivity index (χ3n) is 7.46. The van der Waals surface area contributed by atoms with Gasteiger partial charge in [-0.1, -0.05) is 19.9 Å². The SMILES string of the molecule is CCN1C(=O)[C@@]23C(=C[C@@]14COC[C@@]41O[C@@H]2C=C1C)C(=O)C[C@@H]3C(C)C. The summed E-state index contributed by atoms with van der Waals surface area (Å²) in [5, 5.41) is 0. The van der Waals surface area contributed by atoms with E-state index in [9.17, 15) is 9.59 Å². The fraction of sp³-hybridized carbons (Fsp3) is 0.700. The third kappa shape index (κ3) is 1.36. The van der Waals surface area contributed by atoms with Crippen molar-refractivity contribution in [2.45, 2.75) is 51.4 Å². The van der Waals surface area contributed by atoms with Crippen LogP contribution in [0.5, 0.6) is 0 Å². The Labute approximate surface area is 148 Å². The number of rotatable bonds is 2. The molecule has 1 saturated carbocycles. The predicted molar refractivity (Wildman–Crippen MR) is 90.8 cm³/mol. The van der Waals surface area contributed by atoms with Crippen LogP contribution >= 0.6 is 0 Å². The normalized spacial score (nSPS) is 47.2. The molecule has 0 N–H and O–H groups in total. The number of nitrogens with zero attached hydrogens (tertiary/aromatic N) is 1. The molecule has 0 aromatic carbocycles. The topological polar surface area (TPSA) is 55.8 Å². The maximum absolute atomic E-state index is 13.9. The van der Waals surface area contributed by atoms with Crippen molar-refractivity contribution in [3.8, 4) is 0 Å². The Morgan fingerprint density at radius 3 is 2.76 bits per heavy atom. The van der Waals surface area contributed by atoms with Gasteiger partial charge in [0.05, 0.1) is 19.3 Å². The summed E-state index contributed by atoms with van der Waals surface area (Å²) >= 11 is 0. The average molecular weight is 343 g/mol. The smallest absolute Gasteiger partial charge is 0.237 e. The summed E-state index contributed by atoms with van der Waals surface area (Å²) in [7, 11) is 0. The largest absolute Gasteiger partial charge is 0.375 e. The molecule has 0 aromatic rings. The predicted octanol–water partition coefficient (Wildman–Crippen LogP) is 1.87. The molecule has 6 aliphatic rings. The highest BCUT2D eigenvalue weighted by molar-refractivity contribution is 6.10. The number of hydrogen-bond donors (Lipinski definition) is 0. The zero-order valence-electron chi connectivity index (χ0n) is 15.3. The third-order valence-corrected chi connectivity index (χ3v) is 7.46. The lowest BCUT2D eigenvalue weighted by molar-refractivity contribution is -0.150. The Balaban J connectivity index is 1.89. The molecule has 1 amide bonds. The van der Waals surface area contributed by atoms with Gasteiger partial charge in [-0.15, -0.1) is 0 Å². The molecule has 134 valence electrons. The van der Waals surface area contributed by atoms with Crippen LogP contribution in [0.15, 0.2) is 23.3 Å². The molecule has 5 nitrogen and oxygen atoms in total. The molecule has 3 fully saturated rings. The molecule has 5 aliphatic heterocycles. The molecule has 0 unspecified atom stereocenters. The minimum Gasteiger partial charge on any atom is -0.375 e. The Hall–Kier alpha value is -1.46. The van der Waals surface area contributed by atoms with Gasteiger partial charge in [-0.25, -0.2) is 0 Å². The fourth-order valence-corrected chi connectivity index (χ4v) is 6.34. The standard InChI is InChI=1S/C20H25NO4/c1-5-21-17(23)20-13(11(2)3)7-15(22)14(20)8-18(21)9-24-10-19(18)12(4)6-16(20)25-19/h6,8,11,13,16H,5,7,9-10H2,1-4H3/t13-,16-,18+,19+,20+/m1/s1. The number of ether oxygens (including phenoxy) is 2. The van der Waals surface area contributed by atoms with Crippen molar-refractivity contribution in [3.63, 3.8) is 0 Å². The van der Waals surface area contributed by atoms with Gasteiger partial charge in [0.15, 0.2) is 5.78 Å². The number of carbonyl (C=O) groups is 2. The molecular formula is C20H25NO4. The second-order valence-electron chi connectivity index (χ2n) is 8.59. The van der Waals surface area contributed by atoms with Gasteiger partial charge < -0.3 is 14.4 Å². The summed E-state index contributed by atoms with van der Waals surface area (Å²) in [6, 6.07) is 0. The first-order chi connectivity index (χ1) is 11.8. The fourth-order valence-electron chi connectivity index (χ4n) is 6.34. The second-order valence-corrected chi connectivity index (χ2v) is 8.59. The molecule has 2 saturated heterocycles. The van der Waals surface area contributed by atoms with Crippen molar-refractivity contribution in [3.05, 3.63) is 23.3 Å². The number of ketones is 1. The van der Waals surface area contributed by atoms with E-state index in [1.54, 1.807) is 0 Å². The molecule has 3 spiro atoms. The summed E-state index contributed by atoms with van der Waals surface area (Å²) in [4.78, 5) is 28.8. The number of hydrogen-bond acceptors (Lipinski definition) is 4. The Morgan fingerprint density at radius 1 is 1.32 bits per heavy atom. The van der Waals surface area contributed by atoms with Gasteiger partial charge in [-0.3, -0.25) is 9.59 Å². The lowest BCUT2D eigenvalue weighted by atomic mass is 9.60. The molecular weight excluding hydrogens is 318 g/mol. The van der Waals surface area contributed by atoms with Crippen molar-refractivity contribution in [2.75, 3.05) is 19.8 Å². The summed E-state index contributed by atoms with van der Waals surface area (Å²) in [6.45, 7) is 9.75. The van der Waals surface area contributed by atoms with Gasteiger partial charge in [0.2, 0.25) is 5.91 Å². The van der Waals surface area contributed by atoms with Crippen LogP contribution in [0.3, 0.4) is 0 Å². The van der Waals surface area contributed by atoms with Crippen LogP contribution in [0.2, 0.25) is 0 Å². The molecule has 4 bridgehead atoms. The van der Waals surface area contributed by atoms with Crippen molar-refractivity contribution in [2.24, 2.45) is 17.3 Å². The molecule has 5 heteroatoms. The van der Waals surface area contributed by atoms with Crippen molar-refractivity contribution in [1.29, 1.82) is 0 Å². The molecule has 0 radical (unpaired) electrons. The maximum atomic E-state index is 13.9. The zero-order chi connectivity index (χ0) is 17.8. The van der Waals surface area contributed by atoms with E-state index in [1.807, 2.05) is 11.8 Å². The summed E-state index contributed by atoms with van der Waals surface area (Å²) < 4.78 is 12.6. The molecule has 25 heavy (non-hydrogen) atoms. The molecule has 5 heterocycles. The van der Waals surface area contributed by atoms with E-state index < -0.39 is 16.6 Å². The number of Topliss-reactive ketones (excluding diaryl/α,β-unsaturated/α-hetero) is 1. The number of likely N-dealkylation sites (N-methyl/N-ethyl adjacent to an activating group) is 1. The van der Waals surface area contributed by atoms with Crippen LogP contribution in [0, 0.1) is 17.3 Å². The maximum Gasteiger partial charge on any atom is 0.237 e. The van der Waals surface area contributed by atoms with E-state index in [0.29, 0.717) is 31.8 Å². The lowest BCUT2D eigenvalue weighted by Crippen LogP contribution is -2.68. The Bertz CT molecular complexity index is 768. The van der Waals surface area contributed by atoms with Gasteiger partial charge in [-0.2, -0.15) is 0 Å². The van der Waals surface area contributed by atoms with Crippen LogP contribution in [0.4, 0.5) is 0 Å². The van der Waals surface area contributed by atoms with E-state index in [2.05, 4.69) is 32.9 Å². The first-order valence-electron chi connectivity index (χ1n) is 9.38. The van der Waals surface area contributed by atoms with Crippen LogP contribution in [0.1, 0.15) is 34.1 Å². The van der Waals surface area contributed by atoms with Crippen LogP contribution in [-0.4, -0.2) is 53.6 Å². The van der Waals surface area contributed by atoms with E-state index >= 15 is 0 Å². The van der Waals surface area contributed by atoms with E-state index in [-0.39, 0.29) is 29.6 Å². The molecule has 0 aromatic heterocycles. The first-order valence-corrected chi connectivity index (χ1v) is 9.38. The zero-order valence-corrected chi connectivity index (χ0v) is 15.3. The van der Waals surface area contributed by atoms with Crippen LogP contribution in [0.25, 0.3) is 0 Å². The molecule has 1 aliphatic carbocycles. The van der Waals surface area contributed by atoms with Gasteiger partial charge in [-0.05, 0) is 37.3 Å². The van der Waals surface area contributed by atoms with Gasteiger partial charge >= 0.3 is 0 Å². The quantitative estimate of drug-likeness (QED) is 0.719. The van der Waals surface area contributed by atoms with E-state index in [0.717, 1.165) is 5.57 Å². The summed E-state index contributed by atoms with van der Waals surface area (Å²) in [5.41, 5.74) is -0.363. The molecule has 5 atom stereocenters. The van der Waals surface area contributed by atoms with Crippen LogP contribution < -0.4 is 0 Å². The van der Waals surface area contributed by atoms with Crippen molar-refractivity contribution in [1.82, 2.24) is 4.90 Å². The number of fused-ring (bicyclic) bond motifs is 1. The van der Waals surface area contributed by atoms with Gasteiger partial charge in [0.1, 0.15) is 16.6 Å². The van der Waals surface area contributed by atoms with Crippen molar-refractivity contribution >= 4 is 11.7 Å². The van der Waals surface area contributed by atoms with Gasteiger partial charge in [0.25, 0.3) is 0 Å².